The zero-order valence-electron chi connectivity index (χ0n) is 14.4. The standard InChI is InChI=1S/C18H17F3N4O/c1-17(2,3)25-15(18(19,20)21)13(10-23-25)16(26)24-12-8-11-6-4-5-7-14(11)22-9-12/h4-10H,1-3H3,(H,24,26). The number of carbonyl (C=O) groups is 1. The van der Waals surface area contributed by atoms with E-state index in [0.29, 0.717) is 5.69 Å². The largest absolute Gasteiger partial charge is 0.433 e. The number of hydrogen-bond donors (Lipinski definition) is 1. The fourth-order valence-corrected chi connectivity index (χ4v) is 2.63. The molecule has 1 aromatic carbocycles. The van der Waals surface area contributed by atoms with Gasteiger partial charge in [0.05, 0.1) is 34.7 Å². The summed E-state index contributed by atoms with van der Waals surface area (Å²) in [5, 5.41) is 7.03. The number of halogens is 3. The summed E-state index contributed by atoms with van der Waals surface area (Å²) >= 11 is 0. The van der Waals surface area contributed by atoms with E-state index in [9.17, 15) is 18.0 Å². The number of anilines is 1. The van der Waals surface area contributed by atoms with Crippen LogP contribution in [-0.4, -0.2) is 20.7 Å². The first-order valence-electron chi connectivity index (χ1n) is 7.89. The third-order valence-electron chi connectivity index (χ3n) is 3.77. The summed E-state index contributed by atoms with van der Waals surface area (Å²) in [6.07, 6.45) is -2.36. The van der Waals surface area contributed by atoms with Crippen molar-refractivity contribution in [3.05, 3.63) is 54.0 Å². The van der Waals surface area contributed by atoms with E-state index < -0.39 is 28.9 Å². The highest BCUT2D eigenvalue weighted by Crippen LogP contribution is 2.35. The number of benzene rings is 1. The van der Waals surface area contributed by atoms with E-state index in [0.717, 1.165) is 21.8 Å². The van der Waals surface area contributed by atoms with E-state index in [1.54, 1.807) is 39.0 Å². The topological polar surface area (TPSA) is 59.8 Å². The van der Waals surface area contributed by atoms with Crippen LogP contribution in [0.2, 0.25) is 0 Å². The van der Waals surface area contributed by atoms with Gasteiger partial charge in [0.15, 0.2) is 5.69 Å². The summed E-state index contributed by atoms with van der Waals surface area (Å²) in [4.78, 5) is 16.7. The first-order valence-corrected chi connectivity index (χ1v) is 7.89. The van der Waals surface area contributed by atoms with E-state index in [-0.39, 0.29) is 0 Å². The minimum Gasteiger partial charge on any atom is -0.320 e. The number of hydrogen-bond acceptors (Lipinski definition) is 3. The quantitative estimate of drug-likeness (QED) is 0.732. The number of amides is 1. The van der Waals surface area contributed by atoms with Crippen molar-refractivity contribution in [2.45, 2.75) is 32.5 Å². The summed E-state index contributed by atoms with van der Waals surface area (Å²) in [5.74, 6) is -0.884. The van der Waals surface area contributed by atoms with Gasteiger partial charge in [-0.15, -0.1) is 0 Å². The van der Waals surface area contributed by atoms with E-state index >= 15 is 0 Å². The molecular weight excluding hydrogens is 345 g/mol. The zero-order valence-corrected chi connectivity index (χ0v) is 14.4. The Labute approximate surface area is 147 Å². The van der Waals surface area contributed by atoms with Crippen molar-refractivity contribution in [2.24, 2.45) is 0 Å². The van der Waals surface area contributed by atoms with Crippen molar-refractivity contribution in [2.75, 3.05) is 5.32 Å². The van der Waals surface area contributed by atoms with Crippen molar-refractivity contribution in [3.63, 3.8) is 0 Å². The SMILES string of the molecule is CC(C)(C)n1ncc(C(=O)Nc2cnc3ccccc3c2)c1C(F)(F)F. The van der Waals surface area contributed by atoms with E-state index in [4.69, 9.17) is 0 Å². The predicted molar refractivity (Wildman–Crippen MR) is 91.9 cm³/mol. The number of para-hydroxylation sites is 1. The van der Waals surface area contributed by atoms with Gasteiger partial charge in [-0.25, -0.2) is 0 Å². The average molecular weight is 362 g/mol. The van der Waals surface area contributed by atoms with Gasteiger partial charge in [-0.2, -0.15) is 18.3 Å². The van der Waals surface area contributed by atoms with Crippen molar-refractivity contribution in [1.82, 2.24) is 14.8 Å². The van der Waals surface area contributed by atoms with Gasteiger partial charge in [-0.1, -0.05) is 18.2 Å². The second-order valence-corrected chi connectivity index (χ2v) is 6.86. The smallest absolute Gasteiger partial charge is 0.320 e. The van der Waals surface area contributed by atoms with Crippen LogP contribution in [0.1, 0.15) is 36.8 Å². The van der Waals surface area contributed by atoms with Crippen molar-refractivity contribution >= 4 is 22.5 Å². The Kier molecular flexibility index (Phi) is 4.21. The van der Waals surface area contributed by atoms with Crippen LogP contribution >= 0.6 is 0 Å². The lowest BCUT2D eigenvalue weighted by Gasteiger charge is -2.23. The van der Waals surface area contributed by atoms with Crippen LogP contribution in [0.15, 0.2) is 42.7 Å². The molecule has 26 heavy (non-hydrogen) atoms. The number of carbonyl (C=O) groups excluding carboxylic acids is 1. The lowest BCUT2D eigenvalue weighted by atomic mass is 10.1. The normalized spacial score (nSPS) is 12.4. The van der Waals surface area contributed by atoms with Crippen LogP contribution in [0.4, 0.5) is 18.9 Å². The molecule has 0 unspecified atom stereocenters. The Hall–Kier alpha value is -2.90. The molecule has 0 bridgehead atoms. The van der Waals surface area contributed by atoms with Crippen LogP contribution in [0, 0.1) is 0 Å². The highest BCUT2D eigenvalue weighted by Gasteiger charge is 2.42. The molecule has 0 saturated heterocycles. The Morgan fingerprint density at radius 3 is 2.46 bits per heavy atom. The summed E-state index contributed by atoms with van der Waals surface area (Å²) in [6.45, 7) is 4.76. The minimum atomic E-state index is -4.71. The number of nitrogens with one attached hydrogen (secondary N) is 1. The van der Waals surface area contributed by atoms with Gasteiger partial charge in [-0.3, -0.25) is 14.5 Å². The molecule has 136 valence electrons. The zero-order chi connectivity index (χ0) is 19.1. The van der Waals surface area contributed by atoms with Crippen molar-refractivity contribution in [3.8, 4) is 0 Å². The molecule has 0 atom stereocenters. The molecule has 5 nitrogen and oxygen atoms in total. The van der Waals surface area contributed by atoms with Crippen LogP contribution in [0.25, 0.3) is 10.9 Å². The highest BCUT2D eigenvalue weighted by molar-refractivity contribution is 6.05. The minimum absolute atomic E-state index is 0.310. The fraction of sp³-hybridized carbons (Fsp3) is 0.278. The van der Waals surface area contributed by atoms with Gasteiger partial charge in [0.2, 0.25) is 0 Å². The van der Waals surface area contributed by atoms with Gasteiger partial charge < -0.3 is 5.32 Å². The molecule has 3 rings (SSSR count). The lowest BCUT2D eigenvalue weighted by Crippen LogP contribution is -2.30. The van der Waals surface area contributed by atoms with Gasteiger partial charge in [0, 0.05) is 5.39 Å². The molecule has 0 saturated carbocycles. The van der Waals surface area contributed by atoms with E-state index in [2.05, 4.69) is 15.4 Å². The molecule has 0 aliphatic rings. The summed E-state index contributed by atoms with van der Waals surface area (Å²) in [7, 11) is 0. The van der Waals surface area contributed by atoms with Gasteiger partial charge in [-0.05, 0) is 32.9 Å². The van der Waals surface area contributed by atoms with Gasteiger partial charge >= 0.3 is 6.18 Å². The van der Waals surface area contributed by atoms with E-state index in [1.165, 1.54) is 6.20 Å². The molecule has 1 N–H and O–H groups in total. The number of fused-ring (bicyclic) bond motifs is 1. The first-order chi connectivity index (χ1) is 12.1. The second-order valence-electron chi connectivity index (χ2n) is 6.86. The number of nitrogens with zero attached hydrogens (tertiary/aromatic N) is 3. The maximum atomic E-state index is 13.5. The molecule has 0 radical (unpaired) electrons. The summed E-state index contributed by atoms with van der Waals surface area (Å²) < 4.78 is 41.4. The van der Waals surface area contributed by atoms with Gasteiger partial charge in [0.25, 0.3) is 5.91 Å². The third-order valence-corrected chi connectivity index (χ3v) is 3.77. The fourth-order valence-electron chi connectivity index (χ4n) is 2.63. The maximum absolute atomic E-state index is 13.5. The highest BCUT2D eigenvalue weighted by atomic mass is 19.4. The number of alkyl halides is 3. The number of pyridine rings is 1. The monoisotopic (exact) mass is 362 g/mol. The Morgan fingerprint density at radius 1 is 1.12 bits per heavy atom. The predicted octanol–water partition coefficient (Wildman–Crippen LogP) is 4.46. The van der Waals surface area contributed by atoms with Crippen LogP contribution in [0.5, 0.6) is 0 Å². The first kappa shape index (κ1) is 17.9. The van der Waals surface area contributed by atoms with Crippen LogP contribution in [-0.2, 0) is 11.7 Å². The number of aromatic nitrogens is 3. The molecule has 0 fully saturated rings. The Balaban J connectivity index is 1.98. The molecule has 8 heteroatoms. The second kappa shape index (κ2) is 6.12. The molecule has 0 aliphatic carbocycles. The molecule has 2 aromatic heterocycles. The molecule has 0 spiro atoms. The van der Waals surface area contributed by atoms with Crippen molar-refractivity contribution < 1.29 is 18.0 Å². The third kappa shape index (κ3) is 3.40. The van der Waals surface area contributed by atoms with E-state index in [1.807, 2.05) is 12.1 Å². The summed E-state index contributed by atoms with van der Waals surface area (Å²) in [5.41, 5.74) is -1.49. The average Bonchev–Trinajstić information content (AvgIpc) is 3.00. The molecular formula is C18H17F3N4O. The van der Waals surface area contributed by atoms with Gasteiger partial charge in [0.1, 0.15) is 0 Å². The van der Waals surface area contributed by atoms with Crippen LogP contribution < -0.4 is 5.32 Å². The molecule has 2 heterocycles. The molecule has 1 amide bonds. The van der Waals surface area contributed by atoms with Crippen molar-refractivity contribution in [1.29, 1.82) is 0 Å². The maximum Gasteiger partial charge on any atom is 0.433 e. The Morgan fingerprint density at radius 2 is 1.81 bits per heavy atom. The molecule has 0 aliphatic heterocycles. The Bertz CT molecular complexity index is 970. The molecule has 3 aromatic rings. The summed E-state index contributed by atoms with van der Waals surface area (Å²) in [6, 6.07) is 8.89. The lowest BCUT2D eigenvalue weighted by molar-refractivity contribution is -0.146. The number of rotatable bonds is 2. The van der Waals surface area contributed by atoms with Crippen LogP contribution in [0.3, 0.4) is 0 Å².